The maximum Gasteiger partial charge on any atom is 0.303 e. The van der Waals surface area contributed by atoms with Gasteiger partial charge in [0.1, 0.15) is 0 Å². The molecule has 0 aromatic carbocycles. The predicted molar refractivity (Wildman–Crippen MR) is 73.6 cm³/mol. The van der Waals surface area contributed by atoms with E-state index in [4.69, 9.17) is 5.11 Å². The highest BCUT2D eigenvalue weighted by atomic mass is 32.2. The number of hydrogen-bond donors (Lipinski definition) is 1. The summed E-state index contributed by atoms with van der Waals surface area (Å²) in [7, 11) is -0.0196. The Hall–Kier alpha value is -1.15. The van der Waals surface area contributed by atoms with Crippen LogP contribution in [0.5, 0.6) is 0 Å². The zero-order valence-corrected chi connectivity index (χ0v) is 12.7. The van der Waals surface area contributed by atoms with Gasteiger partial charge in [0.15, 0.2) is 0 Å². The Balaban J connectivity index is 2.47. The van der Waals surface area contributed by atoms with Gasteiger partial charge in [-0.05, 0) is 19.3 Å². The fourth-order valence-corrected chi connectivity index (χ4v) is 3.82. The molecule has 7 nitrogen and oxygen atoms in total. The molecule has 1 amide bonds. The van der Waals surface area contributed by atoms with E-state index in [2.05, 4.69) is 0 Å². The van der Waals surface area contributed by atoms with Gasteiger partial charge in [-0.25, -0.2) is 12.7 Å². The fraction of sp³-hybridized carbons (Fsp3) is 0.833. The lowest BCUT2D eigenvalue weighted by molar-refractivity contribution is -0.137. The van der Waals surface area contributed by atoms with Crippen molar-refractivity contribution in [3.63, 3.8) is 0 Å². The van der Waals surface area contributed by atoms with Crippen LogP contribution in [0.25, 0.3) is 0 Å². The first kappa shape index (κ1) is 16.9. The molecule has 20 heavy (non-hydrogen) atoms. The molecule has 0 spiro atoms. The Labute approximate surface area is 119 Å². The third kappa shape index (κ3) is 4.75. The summed E-state index contributed by atoms with van der Waals surface area (Å²) in [6.07, 6.45) is 1.02. The van der Waals surface area contributed by atoms with Crippen LogP contribution in [0.4, 0.5) is 0 Å². The lowest BCUT2D eigenvalue weighted by atomic mass is 9.97. The Bertz CT molecular complexity index is 452. The zero-order valence-electron chi connectivity index (χ0n) is 11.9. The first-order valence-electron chi connectivity index (χ1n) is 6.65. The van der Waals surface area contributed by atoms with Crippen molar-refractivity contribution in [2.75, 3.05) is 32.9 Å². The third-order valence-electron chi connectivity index (χ3n) is 3.43. The highest BCUT2D eigenvalue weighted by Gasteiger charge is 2.31. The van der Waals surface area contributed by atoms with E-state index in [1.165, 1.54) is 9.21 Å². The predicted octanol–water partition coefficient (Wildman–Crippen LogP) is -0.0188. The Morgan fingerprint density at radius 2 is 1.80 bits per heavy atom. The van der Waals surface area contributed by atoms with Gasteiger partial charge in [0.25, 0.3) is 0 Å². The number of carboxylic acid groups (broad SMARTS) is 1. The molecule has 0 saturated carbocycles. The number of piperidine rings is 1. The molecule has 0 bridgehead atoms. The van der Waals surface area contributed by atoms with Crippen LogP contribution in [0.2, 0.25) is 0 Å². The summed E-state index contributed by atoms with van der Waals surface area (Å²) in [5.74, 6) is -1.22. The van der Waals surface area contributed by atoms with Gasteiger partial charge in [-0.3, -0.25) is 9.59 Å². The third-order valence-corrected chi connectivity index (χ3v) is 5.39. The molecule has 1 aliphatic rings. The van der Waals surface area contributed by atoms with Gasteiger partial charge >= 0.3 is 5.97 Å². The van der Waals surface area contributed by atoms with Crippen LogP contribution in [-0.4, -0.2) is 67.5 Å². The molecule has 0 radical (unpaired) electrons. The quantitative estimate of drug-likeness (QED) is 0.744. The first-order chi connectivity index (χ1) is 9.24. The Morgan fingerprint density at radius 3 is 2.25 bits per heavy atom. The molecule has 0 unspecified atom stereocenters. The fourth-order valence-electron chi connectivity index (χ4n) is 2.28. The van der Waals surface area contributed by atoms with Crippen LogP contribution >= 0.6 is 0 Å². The average Bonchev–Trinajstić information content (AvgIpc) is 2.37. The van der Waals surface area contributed by atoms with Crippen molar-refractivity contribution in [2.24, 2.45) is 5.92 Å². The van der Waals surface area contributed by atoms with E-state index in [0.29, 0.717) is 25.9 Å². The smallest absolute Gasteiger partial charge is 0.303 e. The van der Waals surface area contributed by atoms with Crippen LogP contribution in [0, 0.1) is 5.92 Å². The number of nitrogens with zero attached hydrogens (tertiary/aromatic N) is 2. The molecular weight excluding hydrogens is 284 g/mol. The molecule has 0 aromatic heterocycles. The van der Waals surface area contributed by atoms with Crippen LogP contribution < -0.4 is 0 Å². The minimum Gasteiger partial charge on any atom is -0.481 e. The molecule has 1 rings (SSSR count). The molecule has 1 fully saturated rings. The number of rotatable bonds is 6. The second kappa shape index (κ2) is 7.03. The van der Waals surface area contributed by atoms with E-state index in [0.717, 1.165) is 0 Å². The van der Waals surface area contributed by atoms with Gasteiger partial charge in [0, 0.05) is 39.5 Å². The highest BCUT2D eigenvalue weighted by Crippen LogP contribution is 2.21. The summed E-state index contributed by atoms with van der Waals surface area (Å²) in [6.45, 7) is 0.666. The van der Waals surface area contributed by atoms with Crippen molar-refractivity contribution < 1.29 is 23.1 Å². The molecular formula is C12H22N2O5S. The number of carbonyl (C=O) groups is 2. The maximum atomic E-state index is 12.0. The Morgan fingerprint density at radius 1 is 1.25 bits per heavy atom. The van der Waals surface area contributed by atoms with E-state index in [1.807, 2.05) is 0 Å². The summed E-state index contributed by atoms with van der Waals surface area (Å²) >= 11 is 0. The van der Waals surface area contributed by atoms with Gasteiger partial charge in [0.05, 0.1) is 5.75 Å². The molecule has 1 aliphatic heterocycles. The minimum atomic E-state index is -3.40. The van der Waals surface area contributed by atoms with Crippen molar-refractivity contribution in [3.8, 4) is 0 Å². The first-order valence-corrected chi connectivity index (χ1v) is 8.25. The molecule has 1 saturated heterocycles. The van der Waals surface area contributed by atoms with Crippen LogP contribution in [-0.2, 0) is 19.6 Å². The number of hydrogen-bond acceptors (Lipinski definition) is 4. The van der Waals surface area contributed by atoms with Gasteiger partial charge in [-0.15, -0.1) is 0 Å². The van der Waals surface area contributed by atoms with Crippen molar-refractivity contribution in [3.05, 3.63) is 0 Å². The molecule has 8 heteroatoms. The van der Waals surface area contributed by atoms with E-state index in [-0.39, 0.29) is 30.4 Å². The molecule has 0 aliphatic carbocycles. The van der Waals surface area contributed by atoms with Crippen molar-refractivity contribution >= 4 is 21.9 Å². The largest absolute Gasteiger partial charge is 0.481 e. The number of amides is 1. The van der Waals surface area contributed by atoms with Crippen LogP contribution in [0.15, 0.2) is 0 Å². The van der Waals surface area contributed by atoms with Crippen molar-refractivity contribution in [2.45, 2.75) is 25.7 Å². The van der Waals surface area contributed by atoms with Gasteiger partial charge in [-0.1, -0.05) is 0 Å². The summed E-state index contributed by atoms with van der Waals surface area (Å²) in [5, 5.41) is 8.52. The van der Waals surface area contributed by atoms with Crippen LogP contribution in [0.1, 0.15) is 25.7 Å². The standard InChI is InChI=1S/C12H22N2O5S/c1-13(2)12(17)10-5-7-14(8-6-10)20(18,19)9-3-4-11(15)16/h10H,3-9H2,1-2H3,(H,15,16). The molecule has 0 atom stereocenters. The summed E-state index contributed by atoms with van der Waals surface area (Å²) < 4.78 is 25.4. The molecule has 0 aromatic rings. The molecule has 116 valence electrons. The average molecular weight is 306 g/mol. The van der Waals surface area contributed by atoms with E-state index >= 15 is 0 Å². The number of carboxylic acids is 1. The SMILES string of the molecule is CN(C)C(=O)C1CCN(S(=O)(=O)CCCC(=O)O)CC1. The number of carbonyl (C=O) groups excluding carboxylic acids is 1. The monoisotopic (exact) mass is 306 g/mol. The minimum absolute atomic E-state index is 0.0351. The normalized spacial score (nSPS) is 17.9. The zero-order chi connectivity index (χ0) is 15.3. The van der Waals surface area contributed by atoms with Gasteiger partial charge < -0.3 is 10.0 Å². The second-order valence-electron chi connectivity index (χ2n) is 5.22. The van der Waals surface area contributed by atoms with Crippen molar-refractivity contribution in [1.29, 1.82) is 0 Å². The highest BCUT2D eigenvalue weighted by molar-refractivity contribution is 7.89. The number of sulfonamides is 1. The Kier molecular flexibility index (Phi) is 5.94. The maximum absolute atomic E-state index is 12.0. The summed E-state index contributed by atoms with van der Waals surface area (Å²) in [6, 6.07) is 0. The second-order valence-corrected chi connectivity index (χ2v) is 7.31. The van der Waals surface area contributed by atoms with Crippen LogP contribution in [0.3, 0.4) is 0 Å². The van der Waals surface area contributed by atoms with E-state index in [9.17, 15) is 18.0 Å². The van der Waals surface area contributed by atoms with Gasteiger partial charge in [-0.2, -0.15) is 0 Å². The lowest BCUT2D eigenvalue weighted by Crippen LogP contribution is -2.43. The number of aliphatic carboxylic acids is 1. The lowest BCUT2D eigenvalue weighted by Gasteiger charge is -2.31. The molecule has 1 N–H and O–H groups in total. The molecule has 1 heterocycles. The van der Waals surface area contributed by atoms with Gasteiger partial charge in [0.2, 0.25) is 15.9 Å². The topological polar surface area (TPSA) is 95.0 Å². The van der Waals surface area contributed by atoms with Crippen molar-refractivity contribution in [1.82, 2.24) is 9.21 Å². The van der Waals surface area contributed by atoms with E-state index in [1.54, 1.807) is 14.1 Å². The summed E-state index contributed by atoms with van der Waals surface area (Å²) in [4.78, 5) is 23.7. The van der Waals surface area contributed by atoms with E-state index < -0.39 is 16.0 Å². The summed E-state index contributed by atoms with van der Waals surface area (Å²) in [5.41, 5.74) is 0.